The molecule has 3 heterocycles. The van der Waals surface area contributed by atoms with Gasteiger partial charge in [0.25, 0.3) is 5.91 Å². The second-order valence-corrected chi connectivity index (χ2v) is 8.36. The van der Waals surface area contributed by atoms with Crippen LogP contribution in [0.5, 0.6) is 0 Å². The van der Waals surface area contributed by atoms with Crippen LogP contribution in [0.25, 0.3) is 5.82 Å². The number of alkyl halides is 3. The number of aromatic nitrogens is 3. The molecule has 1 saturated heterocycles. The van der Waals surface area contributed by atoms with E-state index < -0.39 is 11.7 Å². The minimum atomic E-state index is -4.45. The van der Waals surface area contributed by atoms with Crippen molar-refractivity contribution in [1.82, 2.24) is 25.0 Å². The van der Waals surface area contributed by atoms with Gasteiger partial charge in [-0.25, -0.2) is 9.67 Å². The molecule has 1 aliphatic rings. The van der Waals surface area contributed by atoms with Gasteiger partial charge in [-0.15, -0.1) is 0 Å². The van der Waals surface area contributed by atoms with Crippen molar-refractivity contribution < 1.29 is 18.0 Å². The molecular formula is C22H30F3N5O. The zero-order valence-corrected chi connectivity index (χ0v) is 18.2. The number of hydrogen-bond acceptors (Lipinski definition) is 4. The Morgan fingerprint density at radius 3 is 2.48 bits per heavy atom. The van der Waals surface area contributed by atoms with Crippen LogP contribution >= 0.6 is 0 Å². The fourth-order valence-corrected chi connectivity index (χ4v) is 3.90. The lowest BCUT2D eigenvalue weighted by atomic mass is 10.0. The van der Waals surface area contributed by atoms with Gasteiger partial charge in [0, 0.05) is 25.3 Å². The highest BCUT2D eigenvalue weighted by Crippen LogP contribution is 2.29. The number of likely N-dealkylation sites (tertiary alicyclic amines) is 1. The third-order valence-electron chi connectivity index (χ3n) is 5.64. The predicted molar refractivity (Wildman–Crippen MR) is 112 cm³/mol. The maximum absolute atomic E-state index is 13.0. The quantitative estimate of drug-likeness (QED) is 0.697. The molecule has 1 aliphatic heterocycles. The van der Waals surface area contributed by atoms with Crippen molar-refractivity contribution in [3.05, 3.63) is 41.3 Å². The first-order valence-corrected chi connectivity index (χ1v) is 10.9. The molecule has 0 unspecified atom stereocenters. The Hall–Kier alpha value is -2.42. The van der Waals surface area contributed by atoms with E-state index in [0.717, 1.165) is 44.7 Å². The average Bonchev–Trinajstić information content (AvgIpc) is 3.18. The van der Waals surface area contributed by atoms with E-state index in [2.05, 4.69) is 27.2 Å². The minimum Gasteiger partial charge on any atom is -0.349 e. The molecule has 31 heavy (non-hydrogen) atoms. The first-order chi connectivity index (χ1) is 14.7. The normalized spacial score (nSPS) is 16.1. The summed E-state index contributed by atoms with van der Waals surface area (Å²) in [6, 6.07) is 2.35. The highest BCUT2D eigenvalue weighted by atomic mass is 19.4. The second kappa shape index (κ2) is 9.80. The maximum atomic E-state index is 13.0. The number of pyridine rings is 1. The van der Waals surface area contributed by atoms with Gasteiger partial charge >= 0.3 is 6.18 Å². The standard InChI is InChI=1S/C22H30F3N5O/c1-4-5-10-29-11-8-17(9-12-29)28-21(31)18-14-27-30(20(18)15(2)3)19-7-6-16(13-26-19)22(23,24)25/h6-7,13-15,17H,4-5,8-12H2,1-3H3,(H,28,31). The summed E-state index contributed by atoms with van der Waals surface area (Å²) in [6.07, 6.45) is 1.97. The summed E-state index contributed by atoms with van der Waals surface area (Å²) in [6.45, 7) is 9.05. The number of nitrogens with one attached hydrogen (secondary N) is 1. The van der Waals surface area contributed by atoms with E-state index in [-0.39, 0.29) is 23.7 Å². The minimum absolute atomic E-state index is 0.0665. The molecule has 1 N–H and O–H groups in total. The summed E-state index contributed by atoms with van der Waals surface area (Å²) < 4.78 is 39.9. The molecule has 6 nitrogen and oxygen atoms in total. The monoisotopic (exact) mass is 437 g/mol. The first kappa shape index (κ1) is 23.2. The number of amides is 1. The number of carbonyl (C=O) groups excluding carboxylic acids is 1. The third-order valence-corrected chi connectivity index (χ3v) is 5.64. The summed E-state index contributed by atoms with van der Waals surface area (Å²) in [7, 11) is 0. The Bertz CT molecular complexity index is 868. The van der Waals surface area contributed by atoms with Gasteiger partial charge in [0.15, 0.2) is 5.82 Å². The zero-order valence-electron chi connectivity index (χ0n) is 18.2. The summed E-state index contributed by atoms with van der Waals surface area (Å²) in [5.41, 5.74) is 0.244. The van der Waals surface area contributed by atoms with Crippen LogP contribution in [0.2, 0.25) is 0 Å². The maximum Gasteiger partial charge on any atom is 0.417 e. The summed E-state index contributed by atoms with van der Waals surface area (Å²) in [4.78, 5) is 19.3. The van der Waals surface area contributed by atoms with Gasteiger partial charge in [-0.05, 0) is 43.9 Å². The molecule has 0 radical (unpaired) electrons. The Morgan fingerprint density at radius 2 is 1.94 bits per heavy atom. The topological polar surface area (TPSA) is 63.1 Å². The van der Waals surface area contributed by atoms with E-state index in [9.17, 15) is 18.0 Å². The van der Waals surface area contributed by atoms with Crippen LogP contribution in [-0.2, 0) is 6.18 Å². The highest BCUT2D eigenvalue weighted by Gasteiger charge is 2.31. The molecule has 9 heteroatoms. The van der Waals surface area contributed by atoms with Crippen molar-refractivity contribution in [1.29, 1.82) is 0 Å². The van der Waals surface area contributed by atoms with E-state index in [0.29, 0.717) is 11.3 Å². The van der Waals surface area contributed by atoms with Gasteiger partial charge < -0.3 is 10.2 Å². The molecule has 2 aromatic heterocycles. The van der Waals surface area contributed by atoms with Crippen molar-refractivity contribution in [3.8, 4) is 5.82 Å². The molecule has 0 aromatic carbocycles. The summed E-state index contributed by atoms with van der Waals surface area (Å²) in [5.74, 6) is -0.0166. The predicted octanol–water partition coefficient (Wildman–Crippen LogP) is 4.40. The fraction of sp³-hybridized carbons (Fsp3) is 0.591. The van der Waals surface area contributed by atoms with Crippen molar-refractivity contribution in [2.45, 2.75) is 64.6 Å². The Labute approximate surface area is 180 Å². The first-order valence-electron chi connectivity index (χ1n) is 10.9. The molecule has 1 fully saturated rings. The zero-order chi connectivity index (χ0) is 22.6. The number of rotatable bonds is 7. The van der Waals surface area contributed by atoms with Gasteiger partial charge in [0.2, 0.25) is 0 Å². The SMILES string of the molecule is CCCCN1CCC(NC(=O)c2cnn(-c3ccc(C(F)(F)F)cn3)c2C(C)C)CC1. The Balaban J connectivity index is 1.72. The Kier molecular flexibility index (Phi) is 7.35. The highest BCUT2D eigenvalue weighted by molar-refractivity contribution is 5.95. The molecule has 2 aromatic rings. The van der Waals surface area contributed by atoms with Crippen molar-refractivity contribution in [3.63, 3.8) is 0 Å². The van der Waals surface area contributed by atoms with E-state index in [1.165, 1.54) is 29.8 Å². The van der Waals surface area contributed by atoms with Gasteiger partial charge in [-0.1, -0.05) is 27.2 Å². The van der Waals surface area contributed by atoms with Crippen molar-refractivity contribution in [2.75, 3.05) is 19.6 Å². The number of carbonyl (C=O) groups is 1. The van der Waals surface area contributed by atoms with Crippen molar-refractivity contribution in [2.24, 2.45) is 0 Å². The number of nitrogens with zero attached hydrogens (tertiary/aromatic N) is 4. The summed E-state index contributed by atoms with van der Waals surface area (Å²) >= 11 is 0. The van der Waals surface area contributed by atoms with Crippen molar-refractivity contribution >= 4 is 5.91 Å². The molecular weight excluding hydrogens is 407 g/mol. The lowest BCUT2D eigenvalue weighted by Crippen LogP contribution is -2.45. The van der Waals surface area contributed by atoms with Crippen LogP contribution < -0.4 is 5.32 Å². The summed E-state index contributed by atoms with van der Waals surface area (Å²) in [5, 5.41) is 7.38. The van der Waals surface area contributed by atoms with Crippen LogP contribution in [-0.4, -0.2) is 51.2 Å². The van der Waals surface area contributed by atoms with Gasteiger partial charge in [0.05, 0.1) is 23.0 Å². The van der Waals surface area contributed by atoms with Crippen LogP contribution in [0, 0.1) is 0 Å². The number of hydrogen-bond donors (Lipinski definition) is 1. The van der Waals surface area contributed by atoms with Crippen LogP contribution in [0.15, 0.2) is 24.5 Å². The van der Waals surface area contributed by atoms with Crippen LogP contribution in [0.4, 0.5) is 13.2 Å². The smallest absolute Gasteiger partial charge is 0.349 e. The van der Waals surface area contributed by atoms with E-state index in [1.807, 2.05) is 13.8 Å². The third kappa shape index (κ3) is 5.64. The van der Waals surface area contributed by atoms with E-state index >= 15 is 0 Å². The van der Waals surface area contributed by atoms with Gasteiger partial charge in [0.1, 0.15) is 0 Å². The van der Waals surface area contributed by atoms with Gasteiger partial charge in [-0.2, -0.15) is 18.3 Å². The lowest BCUT2D eigenvalue weighted by molar-refractivity contribution is -0.137. The molecule has 3 rings (SSSR count). The Morgan fingerprint density at radius 1 is 1.23 bits per heavy atom. The number of halogens is 3. The average molecular weight is 438 g/mol. The molecule has 1 amide bonds. The van der Waals surface area contributed by atoms with Gasteiger partial charge in [-0.3, -0.25) is 4.79 Å². The molecule has 170 valence electrons. The van der Waals surface area contributed by atoms with Crippen LogP contribution in [0.3, 0.4) is 0 Å². The number of piperidine rings is 1. The molecule has 0 aliphatic carbocycles. The van der Waals surface area contributed by atoms with E-state index in [4.69, 9.17) is 0 Å². The van der Waals surface area contributed by atoms with E-state index in [1.54, 1.807) is 0 Å². The largest absolute Gasteiger partial charge is 0.417 e. The molecule has 0 saturated carbocycles. The molecule has 0 spiro atoms. The molecule has 0 bridgehead atoms. The van der Waals surface area contributed by atoms with Crippen LogP contribution in [0.1, 0.15) is 74.0 Å². The number of unbranched alkanes of at least 4 members (excludes halogenated alkanes) is 1. The lowest BCUT2D eigenvalue weighted by Gasteiger charge is -2.32. The fourth-order valence-electron chi connectivity index (χ4n) is 3.90. The second-order valence-electron chi connectivity index (χ2n) is 8.36. The molecule has 0 atom stereocenters.